The molecule has 2 aliphatic rings. The summed E-state index contributed by atoms with van der Waals surface area (Å²) in [5.74, 6) is 0.681. The molecule has 2 aromatic heterocycles. The van der Waals surface area contributed by atoms with E-state index in [1.54, 1.807) is 0 Å². The van der Waals surface area contributed by atoms with Gasteiger partial charge in [0.1, 0.15) is 23.8 Å². The number of anilines is 4. The predicted molar refractivity (Wildman–Crippen MR) is 123 cm³/mol. The molecule has 10 heteroatoms. The fourth-order valence-corrected chi connectivity index (χ4v) is 4.27. The number of nitriles is 1. The zero-order chi connectivity index (χ0) is 21.9. The second kappa shape index (κ2) is 8.82. The molecular weight excluding hydrogens is 406 g/mol. The molecule has 1 aromatic carbocycles. The maximum Gasteiger partial charge on any atom is 0.228 e. The number of amides is 1. The van der Waals surface area contributed by atoms with Gasteiger partial charge in [0.05, 0.1) is 28.7 Å². The van der Waals surface area contributed by atoms with Crippen molar-refractivity contribution in [2.45, 2.75) is 12.5 Å². The van der Waals surface area contributed by atoms with Crippen molar-refractivity contribution in [3.63, 3.8) is 0 Å². The van der Waals surface area contributed by atoms with E-state index in [2.05, 4.69) is 47.2 Å². The number of aromatic nitrogens is 3. The maximum absolute atomic E-state index is 12.6. The number of fused-ring (bicyclic) bond motifs is 1. The van der Waals surface area contributed by atoms with E-state index in [4.69, 9.17) is 0 Å². The molecular formula is C22H25N9O. The number of hydrogen-bond acceptors (Lipinski definition) is 8. The van der Waals surface area contributed by atoms with Crippen molar-refractivity contribution in [1.29, 1.82) is 5.26 Å². The van der Waals surface area contributed by atoms with Crippen LogP contribution >= 0.6 is 0 Å². The highest BCUT2D eigenvalue weighted by Crippen LogP contribution is 2.34. The first-order valence-corrected chi connectivity index (χ1v) is 10.8. The van der Waals surface area contributed by atoms with Gasteiger partial charge in [0.15, 0.2) is 0 Å². The molecule has 2 atom stereocenters. The highest BCUT2D eigenvalue weighted by atomic mass is 16.1. The van der Waals surface area contributed by atoms with Gasteiger partial charge in [0.2, 0.25) is 5.91 Å². The summed E-state index contributed by atoms with van der Waals surface area (Å²) in [6.07, 6.45) is 4.18. The second-order valence-electron chi connectivity index (χ2n) is 8.08. The van der Waals surface area contributed by atoms with E-state index in [1.807, 2.05) is 30.5 Å². The van der Waals surface area contributed by atoms with Gasteiger partial charge in [-0.25, -0.2) is 9.97 Å². The highest BCUT2D eigenvalue weighted by molar-refractivity contribution is 5.95. The molecule has 3 aromatic rings. The number of aromatic amines is 1. The number of hydrogen-bond donors (Lipinski definition) is 5. The molecule has 0 radical (unpaired) electrons. The Bertz CT molecular complexity index is 1160. The summed E-state index contributed by atoms with van der Waals surface area (Å²) in [5.41, 5.74) is 3.23. The lowest BCUT2D eigenvalue weighted by Crippen LogP contribution is -2.50. The molecule has 4 heterocycles. The maximum atomic E-state index is 12.6. The van der Waals surface area contributed by atoms with E-state index >= 15 is 0 Å². The number of rotatable bonds is 5. The lowest BCUT2D eigenvalue weighted by atomic mass is 10.1. The molecule has 0 aliphatic carbocycles. The van der Waals surface area contributed by atoms with E-state index in [-0.39, 0.29) is 17.9 Å². The van der Waals surface area contributed by atoms with Gasteiger partial charge < -0.3 is 25.8 Å². The van der Waals surface area contributed by atoms with Crippen LogP contribution in [0.1, 0.15) is 6.42 Å². The minimum Gasteiger partial charge on any atom is -0.366 e. The van der Waals surface area contributed by atoms with Gasteiger partial charge in [-0.2, -0.15) is 5.26 Å². The Morgan fingerprint density at radius 2 is 2.19 bits per heavy atom. The topological polar surface area (TPSA) is 134 Å². The normalized spacial score (nSPS) is 20.8. The Kier molecular flexibility index (Phi) is 5.58. The van der Waals surface area contributed by atoms with Crippen molar-refractivity contribution >= 4 is 39.8 Å². The summed E-state index contributed by atoms with van der Waals surface area (Å²) in [7, 11) is 0. The monoisotopic (exact) mass is 431 g/mol. The third kappa shape index (κ3) is 4.08. The Morgan fingerprint density at radius 1 is 1.25 bits per heavy atom. The predicted octanol–water partition coefficient (Wildman–Crippen LogP) is 1.55. The van der Waals surface area contributed by atoms with E-state index in [0.29, 0.717) is 18.9 Å². The quantitative estimate of drug-likeness (QED) is 0.411. The molecule has 32 heavy (non-hydrogen) atoms. The van der Waals surface area contributed by atoms with Crippen molar-refractivity contribution in [2.24, 2.45) is 5.92 Å². The van der Waals surface area contributed by atoms with Crippen molar-refractivity contribution in [1.82, 2.24) is 25.6 Å². The molecule has 0 saturated carbocycles. The van der Waals surface area contributed by atoms with Crippen LogP contribution in [0.15, 0.2) is 36.8 Å². The van der Waals surface area contributed by atoms with E-state index in [9.17, 15) is 10.1 Å². The Hall–Kier alpha value is -3.68. The number of carbonyl (C=O) groups excluding carboxylic acids is 1. The average Bonchev–Trinajstić information content (AvgIpc) is 3.52. The third-order valence-corrected chi connectivity index (χ3v) is 5.97. The number of benzene rings is 1. The summed E-state index contributed by atoms with van der Waals surface area (Å²) in [6, 6.07) is 9.82. The van der Waals surface area contributed by atoms with Crippen LogP contribution in [0.25, 0.3) is 11.0 Å². The van der Waals surface area contributed by atoms with Gasteiger partial charge >= 0.3 is 0 Å². The third-order valence-electron chi connectivity index (χ3n) is 5.97. The Morgan fingerprint density at radius 3 is 3.03 bits per heavy atom. The summed E-state index contributed by atoms with van der Waals surface area (Å²) in [4.78, 5) is 26.6. The molecule has 0 bridgehead atoms. The van der Waals surface area contributed by atoms with Crippen LogP contribution in [0.4, 0.5) is 22.9 Å². The lowest BCUT2D eigenvalue weighted by Gasteiger charge is -2.34. The van der Waals surface area contributed by atoms with Crippen molar-refractivity contribution in [3.8, 4) is 6.07 Å². The zero-order valence-corrected chi connectivity index (χ0v) is 17.6. The average molecular weight is 432 g/mol. The number of piperazine rings is 1. The molecule has 2 unspecified atom stereocenters. The molecule has 5 N–H and O–H groups in total. The molecule has 1 amide bonds. The first-order valence-electron chi connectivity index (χ1n) is 10.8. The van der Waals surface area contributed by atoms with Crippen molar-refractivity contribution < 1.29 is 4.79 Å². The van der Waals surface area contributed by atoms with Crippen molar-refractivity contribution in [2.75, 3.05) is 48.3 Å². The molecule has 164 valence electrons. The van der Waals surface area contributed by atoms with Gasteiger partial charge in [-0.1, -0.05) is 0 Å². The first-order chi connectivity index (χ1) is 15.7. The molecule has 10 nitrogen and oxygen atoms in total. The second-order valence-corrected chi connectivity index (χ2v) is 8.08. The number of H-pyrrole nitrogens is 1. The fraction of sp³-hybridized carbons (Fsp3) is 0.364. The van der Waals surface area contributed by atoms with Crippen LogP contribution < -0.4 is 26.2 Å². The smallest absolute Gasteiger partial charge is 0.228 e. The minimum absolute atomic E-state index is 0.0167. The number of nitrogens with one attached hydrogen (secondary N) is 5. The zero-order valence-electron chi connectivity index (χ0n) is 17.6. The van der Waals surface area contributed by atoms with Gasteiger partial charge in [-0.05, 0) is 37.2 Å². The fourth-order valence-electron chi connectivity index (χ4n) is 4.27. The summed E-state index contributed by atoms with van der Waals surface area (Å²) < 4.78 is 0. The van der Waals surface area contributed by atoms with Gasteiger partial charge in [0.25, 0.3) is 0 Å². The Balaban J connectivity index is 1.47. The largest absolute Gasteiger partial charge is 0.366 e. The minimum atomic E-state index is -0.235. The van der Waals surface area contributed by atoms with Gasteiger partial charge in [0, 0.05) is 38.1 Å². The van der Waals surface area contributed by atoms with E-state index in [1.165, 1.54) is 6.33 Å². The highest BCUT2D eigenvalue weighted by Gasteiger charge is 2.24. The van der Waals surface area contributed by atoms with Crippen LogP contribution in [0, 0.1) is 17.2 Å². The molecule has 0 spiro atoms. The first kappa shape index (κ1) is 20.2. The number of carbonyl (C=O) groups is 1. The standard InChI is InChI=1S/C22H25N9O/c23-10-16-12-31(8-7-25-16)19-2-1-15(29-22(32)14-3-5-24-11-14)9-18(19)30-21-17-4-6-26-20(17)27-13-28-21/h1-2,4,6,9,13-14,16,24-25H,3,5,7-8,11-12H2,(H,29,32)(H2,26,27,28,30). The van der Waals surface area contributed by atoms with Crippen LogP contribution in [0.3, 0.4) is 0 Å². The van der Waals surface area contributed by atoms with Gasteiger partial charge in [-0.15, -0.1) is 0 Å². The molecule has 5 rings (SSSR count). The number of nitrogens with zero attached hydrogens (tertiary/aromatic N) is 4. The molecule has 2 aliphatic heterocycles. The summed E-state index contributed by atoms with van der Waals surface area (Å²) in [6.45, 7) is 3.65. The molecule has 2 saturated heterocycles. The molecule has 2 fully saturated rings. The van der Waals surface area contributed by atoms with Gasteiger partial charge in [-0.3, -0.25) is 10.1 Å². The van der Waals surface area contributed by atoms with Crippen LogP contribution in [-0.2, 0) is 4.79 Å². The van der Waals surface area contributed by atoms with Crippen LogP contribution in [0.2, 0.25) is 0 Å². The van der Waals surface area contributed by atoms with Crippen LogP contribution in [-0.4, -0.2) is 59.6 Å². The van der Waals surface area contributed by atoms with E-state index in [0.717, 1.165) is 54.2 Å². The summed E-state index contributed by atoms with van der Waals surface area (Å²) >= 11 is 0. The van der Waals surface area contributed by atoms with Crippen molar-refractivity contribution in [3.05, 3.63) is 36.8 Å². The SMILES string of the molecule is N#CC1CN(c2ccc(NC(=O)C3CCNC3)cc2Nc2ncnc3[nH]ccc23)CCN1. The Labute approximate surface area is 185 Å². The van der Waals surface area contributed by atoms with E-state index < -0.39 is 0 Å². The lowest BCUT2D eigenvalue weighted by molar-refractivity contribution is -0.119. The van der Waals surface area contributed by atoms with Crippen LogP contribution in [0.5, 0.6) is 0 Å². The summed E-state index contributed by atoms with van der Waals surface area (Å²) in [5, 5.41) is 23.2.